The lowest BCUT2D eigenvalue weighted by Gasteiger charge is -2.13. The van der Waals surface area contributed by atoms with E-state index in [0.29, 0.717) is 0 Å². The number of pyridine rings is 1. The van der Waals surface area contributed by atoms with Crippen LogP contribution in [0.3, 0.4) is 0 Å². The predicted molar refractivity (Wildman–Crippen MR) is 118 cm³/mol. The molecule has 0 unspecified atom stereocenters. The molecule has 0 aliphatic heterocycles. The van der Waals surface area contributed by atoms with Crippen molar-refractivity contribution in [1.29, 1.82) is 0 Å². The maximum Gasteiger partial charge on any atom is 0.263 e. The van der Waals surface area contributed by atoms with Crippen molar-refractivity contribution in [3.8, 4) is 17.0 Å². The van der Waals surface area contributed by atoms with E-state index in [1.807, 2.05) is 19.1 Å². The van der Waals surface area contributed by atoms with Crippen LogP contribution in [0.5, 0.6) is 5.75 Å². The van der Waals surface area contributed by atoms with E-state index < -0.39 is 10.0 Å². The van der Waals surface area contributed by atoms with Gasteiger partial charge in [0.25, 0.3) is 10.0 Å². The van der Waals surface area contributed by atoms with Gasteiger partial charge in [-0.05, 0) is 70.8 Å². The van der Waals surface area contributed by atoms with Crippen LogP contribution in [0.15, 0.2) is 64.3 Å². The van der Waals surface area contributed by atoms with Crippen LogP contribution in [-0.4, -0.2) is 25.7 Å². The van der Waals surface area contributed by atoms with Gasteiger partial charge in [-0.3, -0.25) is 9.71 Å². The monoisotopic (exact) mass is 521 g/mol. The van der Waals surface area contributed by atoms with Crippen LogP contribution < -0.4 is 9.46 Å². The molecular weight excluding hydrogens is 505 g/mol. The van der Waals surface area contributed by atoms with Crippen LogP contribution in [0.25, 0.3) is 22.0 Å². The first kappa shape index (κ1) is 19.6. The van der Waals surface area contributed by atoms with Crippen molar-refractivity contribution in [3.63, 3.8) is 0 Å². The molecule has 7 nitrogen and oxygen atoms in total. The number of nitrogens with one attached hydrogen (secondary N) is 1. The predicted octanol–water partition coefficient (Wildman–Crippen LogP) is 4.61. The zero-order valence-electron chi connectivity index (χ0n) is 15.5. The summed E-state index contributed by atoms with van der Waals surface area (Å²) in [5, 5.41) is 5.19. The highest BCUT2D eigenvalue weighted by Gasteiger charge is 2.18. The summed E-state index contributed by atoms with van der Waals surface area (Å²) in [7, 11) is -2.16. The summed E-state index contributed by atoms with van der Waals surface area (Å²) in [6.07, 6.45) is 2.97. The van der Waals surface area contributed by atoms with Crippen molar-refractivity contribution in [2.75, 3.05) is 11.8 Å². The fourth-order valence-electron chi connectivity index (χ4n) is 3.06. The number of ether oxygens (including phenoxy) is 1. The minimum absolute atomic E-state index is 0.127. The number of aryl methyl sites for hydroxylation is 1. The van der Waals surface area contributed by atoms with Crippen molar-refractivity contribution in [2.24, 2.45) is 0 Å². The van der Waals surface area contributed by atoms with Crippen LogP contribution in [0.1, 0.15) is 5.56 Å². The third-order valence-electron chi connectivity index (χ3n) is 4.48. The van der Waals surface area contributed by atoms with Crippen LogP contribution in [-0.2, 0) is 10.0 Å². The maximum atomic E-state index is 12.6. The van der Waals surface area contributed by atoms with Gasteiger partial charge in [-0.1, -0.05) is 11.2 Å². The van der Waals surface area contributed by atoms with Crippen LogP contribution in [0, 0.1) is 10.5 Å². The lowest BCUT2D eigenvalue weighted by molar-refractivity contribution is 0.412. The topological polar surface area (TPSA) is 94.3 Å². The van der Waals surface area contributed by atoms with Crippen molar-refractivity contribution in [1.82, 2.24) is 10.1 Å². The molecule has 0 radical (unpaired) electrons. The van der Waals surface area contributed by atoms with Gasteiger partial charge in [-0.2, -0.15) is 0 Å². The average Bonchev–Trinajstić information content (AvgIpc) is 3.20. The van der Waals surface area contributed by atoms with Gasteiger partial charge in [0.1, 0.15) is 12.0 Å². The van der Waals surface area contributed by atoms with E-state index in [1.165, 1.54) is 12.3 Å². The number of aromatic nitrogens is 2. The zero-order valence-corrected chi connectivity index (χ0v) is 18.5. The molecule has 9 heteroatoms. The number of methoxy groups -OCH3 is 1. The Morgan fingerprint density at radius 3 is 2.69 bits per heavy atom. The number of benzene rings is 2. The molecule has 4 rings (SSSR count). The molecule has 0 saturated carbocycles. The summed E-state index contributed by atoms with van der Waals surface area (Å²) in [6.45, 7) is 2.01. The summed E-state index contributed by atoms with van der Waals surface area (Å²) in [6, 6.07) is 12.1. The molecule has 29 heavy (non-hydrogen) atoms. The van der Waals surface area contributed by atoms with E-state index in [-0.39, 0.29) is 10.7 Å². The minimum Gasteiger partial charge on any atom is -0.496 e. The summed E-state index contributed by atoms with van der Waals surface area (Å²) >= 11 is 2.23. The molecular formula is C20H16IN3O4S. The zero-order chi connectivity index (χ0) is 20.6. The fraction of sp³-hybridized carbons (Fsp3) is 0.100. The second-order valence-corrected chi connectivity index (χ2v) is 9.18. The average molecular weight is 521 g/mol. The Hall–Kier alpha value is -2.66. The van der Waals surface area contributed by atoms with Crippen LogP contribution >= 0.6 is 22.6 Å². The molecule has 0 bridgehead atoms. The van der Waals surface area contributed by atoms with E-state index >= 15 is 0 Å². The first-order valence-corrected chi connectivity index (χ1v) is 11.1. The molecule has 2 aromatic carbocycles. The molecule has 2 aromatic heterocycles. The van der Waals surface area contributed by atoms with Crippen molar-refractivity contribution >= 4 is 49.2 Å². The second-order valence-electron chi connectivity index (χ2n) is 6.33. The van der Waals surface area contributed by atoms with Crippen LogP contribution in [0.2, 0.25) is 0 Å². The Kier molecular flexibility index (Phi) is 5.17. The third-order valence-corrected chi connectivity index (χ3v) is 6.67. The normalized spacial score (nSPS) is 11.6. The largest absolute Gasteiger partial charge is 0.496 e. The molecule has 0 amide bonds. The summed E-state index contributed by atoms with van der Waals surface area (Å²) in [4.78, 5) is 4.68. The van der Waals surface area contributed by atoms with Gasteiger partial charge >= 0.3 is 0 Å². The first-order chi connectivity index (χ1) is 13.9. The molecule has 0 atom stereocenters. The smallest absolute Gasteiger partial charge is 0.263 e. The number of halogens is 1. The Balaban J connectivity index is 1.82. The molecule has 148 valence electrons. The molecule has 0 saturated heterocycles. The number of hydrogen-bond donors (Lipinski definition) is 1. The minimum atomic E-state index is -3.79. The van der Waals surface area contributed by atoms with E-state index in [0.717, 1.165) is 36.9 Å². The van der Waals surface area contributed by atoms with Gasteiger partial charge in [0.2, 0.25) is 0 Å². The highest BCUT2D eigenvalue weighted by Crippen LogP contribution is 2.35. The van der Waals surface area contributed by atoms with E-state index in [2.05, 4.69) is 42.0 Å². The van der Waals surface area contributed by atoms with Crippen molar-refractivity contribution < 1.29 is 17.7 Å². The van der Waals surface area contributed by atoms with Gasteiger partial charge in [-0.15, -0.1) is 0 Å². The Labute approximate surface area is 181 Å². The molecule has 1 N–H and O–H groups in total. The molecule has 4 aromatic rings. The number of rotatable bonds is 5. The van der Waals surface area contributed by atoms with Gasteiger partial charge in [-0.25, -0.2) is 8.42 Å². The van der Waals surface area contributed by atoms with E-state index in [1.54, 1.807) is 37.6 Å². The van der Waals surface area contributed by atoms with Gasteiger partial charge in [0.05, 0.1) is 21.3 Å². The number of nitrogens with zero attached hydrogens (tertiary/aromatic N) is 2. The van der Waals surface area contributed by atoms with E-state index in [9.17, 15) is 8.42 Å². The molecule has 0 spiro atoms. The van der Waals surface area contributed by atoms with Crippen molar-refractivity contribution in [3.05, 3.63) is 64.1 Å². The Bertz CT molecular complexity index is 1310. The lowest BCUT2D eigenvalue weighted by Crippen LogP contribution is -2.13. The first-order valence-electron chi connectivity index (χ1n) is 8.55. The highest BCUT2D eigenvalue weighted by molar-refractivity contribution is 14.1. The number of sulfonamides is 1. The van der Waals surface area contributed by atoms with Gasteiger partial charge < -0.3 is 9.26 Å². The summed E-state index contributed by atoms with van der Waals surface area (Å²) in [5.41, 5.74) is 2.76. The molecule has 2 heterocycles. The standard InChI is InChI=1S/C20H16IN3O4S/c1-12-9-17(21)18(27-2)11-16(12)20-15-4-3-14(10-13(15)5-7-22-20)29(25,26)24-19-6-8-28-23-19/h3-11H,1-2H3,(H,23,24). The Morgan fingerprint density at radius 1 is 1.14 bits per heavy atom. The molecule has 0 aliphatic rings. The third kappa shape index (κ3) is 3.79. The molecule has 0 aliphatic carbocycles. The maximum absolute atomic E-state index is 12.6. The lowest BCUT2D eigenvalue weighted by atomic mass is 10.00. The SMILES string of the molecule is COc1cc(-c2nccc3cc(S(=O)(=O)Nc4ccon4)ccc23)c(C)cc1I. The second kappa shape index (κ2) is 7.64. The number of hydrogen-bond acceptors (Lipinski definition) is 6. The van der Waals surface area contributed by atoms with Crippen molar-refractivity contribution in [2.45, 2.75) is 11.8 Å². The van der Waals surface area contributed by atoms with Gasteiger partial charge in [0.15, 0.2) is 5.82 Å². The quantitative estimate of drug-likeness (QED) is 0.386. The fourth-order valence-corrected chi connectivity index (χ4v) is 4.93. The molecule has 0 fully saturated rings. The highest BCUT2D eigenvalue weighted by atomic mass is 127. The van der Waals surface area contributed by atoms with E-state index in [4.69, 9.17) is 4.74 Å². The van der Waals surface area contributed by atoms with Gasteiger partial charge in [0, 0.05) is 23.2 Å². The Morgan fingerprint density at radius 2 is 1.97 bits per heavy atom. The van der Waals surface area contributed by atoms with Crippen LogP contribution in [0.4, 0.5) is 5.82 Å². The summed E-state index contributed by atoms with van der Waals surface area (Å²) in [5.74, 6) is 0.892. The summed E-state index contributed by atoms with van der Waals surface area (Å²) < 4.78 is 38.8. The number of anilines is 1. The number of fused-ring (bicyclic) bond motifs is 1.